The summed E-state index contributed by atoms with van der Waals surface area (Å²) in [6.45, 7) is 0.537. The fourth-order valence-electron chi connectivity index (χ4n) is 1.08. The van der Waals surface area contributed by atoms with Crippen LogP contribution in [0.1, 0.15) is 12.8 Å². The van der Waals surface area contributed by atoms with Crippen LogP contribution in [0.15, 0.2) is 14.1 Å². The van der Waals surface area contributed by atoms with E-state index in [1.54, 1.807) is 0 Å². The number of halogens is 2. The first kappa shape index (κ1) is 11.9. The third kappa shape index (κ3) is 2.94. The van der Waals surface area contributed by atoms with E-state index in [4.69, 9.17) is 11.6 Å². The smallest absolute Gasteiger partial charge is 0.210 e. The van der Waals surface area contributed by atoms with Crippen LogP contribution in [0.5, 0.6) is 0 Å². The Balaban J connectivity index is 2.12. The molecular weight excluding hydrogens is 322 g/mol. The van der Waals surface area contributed by atoms with E-state index in [9.17, 15) is 8.42 Å². The van der Waals surface area contributed by atoms with Gasteiger partial charge in [0.2, 0.25) is 10.0 Å². The highest BCUT2D eigenvalue weighted by Gasteiger charge is 2.25. The number of sulfonamides is 1. The van der Waals surface area contributed by atoms with Crippen molar-refractivity contribution in [3.8, 4) is 0 Å². The van der Waals surface area contributed by atoms with E-state index in [-0.39, 0.29) is 4.21 Å². The average molecular weight is 331 g/mol. The normalized spacial score (nSPS) is 16.9. The zero-order valence-corrected chi connectivity index (χ0v) is 11.6. The Labute approximate surface area is 106 Å². The molecule has 0 unspecified atom stereocenters. The maximum atomic E-state index is 11.7. The first-order chi connectivity index (χ1) is 6.99. The van der Waals surface area contributed by atoms with Crippen LogP contribution in [0.4, 0.5) is 0 Å². The number of thiophene rings is 1. The second-order valence-corrected chi connectivity index (χ2v) is 8.25. The molecule has 1 aliphatic rings. The van der Waals surface area contributed by atoms with Gasteiger partial charge in [-0.25, -0.2) is 13.1 Å². The molecule has 0 aliphatic heterocycles. The Bertz CT molecular complexity index is 447. The summed E-state index contributed by atoms with van der Waals surface area (Å²) in [6.07, 6.45) is 2.24. The summed E-state index contributed by atoms with van der Waals surface area (Å²) >= 11 is 10.1. The van der Waals surface area contributed by atoms with Crippen molar-refractivity contribution in [1.82, 2.24) is 4.72 Å². The molecule has 1 aromatic rings. The first-order valence-corrected chi connectivity index (χ1v) is 7.90. The van der Waals surface area contributed by atoms with Crippen molar-refractivity contribution in [2.24, 2.45) is 5.92 Å². The highest BCUT2D eigenvalue weighted by molar-refractivity contribution is 9.11. The molecule has 0 atom stereocenters. The van der Waals surface area contributed by atoms with Gasteiger partial charge in [0, 0.05) is 6.54 Å². The standard InChI is InChI=1S/C8H9BrClNO2S2/c9-8-6(10)3-7(14-8)15(12,13)11-4-5-1-2-5/h3,5,11H,1-2,4H2. The highest BCUT2D eigenvalue weighted by Crippen LogP contribution is 2.35. The second kappa shape index (κ2) is 4.33. The van der Waals surface area contributed by atoms with Crippen LogP contribution in [0.3, 0.4) is 0 Å². The van der Waals surface area contributed by atoms with Crippen molar-refractivity contribution in [1.29, 1.82) is 0 Å². The molecule has 1 N–H and O–H groups in total. The molecule has 0 radical (unpaired) electrons. The molecule has 2 rings (SSSR count). The number of hydrogen-bond donors (Lipinski definition) is 1. The van der Waals surface area contributed by atoms with Gasteiger partial charge in [-0.15, -0.1) is 11.3 Å². The van der Waals surface area contributed by atoms with Crippen LogP contribution < -0.4 is 4.72 Å². The van der Waals surface area contributed by atoms with Gasteiger partial charge in [0.05, 0.1) is 8.81 Å². The van der Waals surface area contributed by atoms with Crippen LogP contribution in [-0.2, 0) is 10.0 Å². The SMILES string of the molecule is O=S(=O)(NCC1CC1)c1cc(Cl)c(Br)s1. The van der Waals surface area contributed by atoms with E-state index in [0.29, 0.717) is 21.3 Å². The molecule has 0 amide bonds. The third-order valence-electron chi connectivity index (χ3n) is 2.15. The molecule has 1 saturated carbocycles. The first-order valence-electron chi connectivity index (χ1n) is 4.43. The topological polar surface area (TPSA) is 46.2 Å². The molecule has 84 valence electrons. The van der Waals surface area contributed by atoms with Gasteiger partial charge < -0.3 is 0 Å². The Hall–Kier alpha value is 0.380. The number of nitrogens with one attached hydrogen (secondary N) is 1. The summed E-state index contributed by atoms with van der Waals surface area (Å²) < 4.78 is 27.0. The largest absolute Gasteiger partial charge is 0.250 e. The van der Waals surface area contributed by atoms with Crippen molar-refractivity contribution in [3.05, 3.63) is 14.9 Å². The van der Waals surface area contributed by atoms with Gasteiger partial charge in [-0.3, -0.25) is 0 Å². The van der Waals surface area contributed by atoms with Crippen LogP contribution in [0.25, 0.3) is 0 Å². The quantitative estimate of drug-likeness (QED) is 0.922. The van der Waals surface area contributed by atoms with Crippen LogP contribution >= 0.6 is 38.9 Å². The molecule has 0 saturated heterocycles. The molecule has 1 fully saturated rings. The van der Waals surface area contributed by atoms with E-state index in [1.807, 2.05) is 0 Å². The molecule has 0 bridgehead atoms. The highest BCUT2D eigenvalue weighted by atomic mass is 79.9. The second-order valence-electron chi connectivity index (χ2n) is 3.48. The maximum absolute atomic E-state index is 11.7. The van der Waals surface area contributed by atoms with E-state index in [2.05, 4.69) is 20.7 Å². The Kier molecular flexibility index (Phi) is 3.42. The van der Waals surface area contributed by atoms with Crippen LogP contribution in [0, 0.1) is 5.92 Å². The summed E-state index contributed by atoms with van der Waals surface area (Å²) in [4.78, 5) is 0. The summed E-state index contributed by atoms with van der Waals surface area (Å²) in [5.41, 5.74) is 0. The number of rotatable bonds is 4. The van der Waals surface area contributed by atoms with Gasteiger partial charge in [-0.05, 0) is 40.8 Å². The summed E-state index contributed by atoms with van der Waals surface area (Å²) in [5.74, 6) is 0.527. The molecule has 0 aromatic carbocycles. The summed E-state index contributed by atoms with van der Waals surface area (Å²) in [5, 5.41) is 0.437. The third-order valence-corrected chi connectivity index (χ3v) is 6.52. The lowest BCUT2D eigenvalue weighted by Gasteiger charge is -2.02. The van der Waals surface area contributed by atoms with Crippen molar-refractivity contribution in [3.63, 3.8) is 0 Å². The monoisotopic (exact) mass is 329 g/mol. The van der Waals surface area contributed by atoms with Gasteiger partial charge in [0.1, 0.15) is 4.21 Å². The minimum Gasteiger partial charge on any atom is -0.210 e. The summed E-state index contributed by atoms with van der Waals surface area (Å²) in [7, 11) is -3.36. The van der Waals surface area contributed by atoms with Crippen LogP contribution in [-0.4, -0.2) is 15.0 Å². The molecule has 1 aliphatic carbocycles. The fourth-order valence-corrected chi connectivity index (χ4v) is 4.64. The van der Waals surface area contributed by atoms with Crippen LogP contribution in [0.2, 0.25) is 5.02 Å². The Morgan fingerprint density at radius 3 is 2.73 bits per heavy atom. The van der Waals surface area contributed by atoms with Gasteiger partial charge >= 0.3 is 0 Å². The Morgan fingerprint density at radius 2 is 2.27 bits per heavy atom. The zero-order chi connectivity index (χ0) is 11.1. The Morgan fingerprint density at radius 1 is 1.60 bits per heavy atom. The molecule has 7 heteroatoms. The molecule has 3 nitrogen and oxygen atoms in total. The minimum absolute atomic E-state index is 0.264. The van der Waals surface area contributed by atoms with E-state index < -0.39 is 10.0 Å². The fraction of sp³-hybridized carbons (Fsp3) is 0.500. The van der Waals surface area contributed by atoms with Crippen molar-refractivity contribution < 1.29 is 8.42 Å². The summed E-state index contributed by atoms with van der Waals surface area (Å²) in [6, 6.07) is 1.46. The predicted molar refractivity (Wildman–Crippen MR) is 64.9 cm³/mol. The molecule has 1 heterocycles. The van der Waals surface area contributed by atoms with Gasteiger partial charge in [-0.2, -0.15) is 0 Å². The predicted octanol–water partition coefficient (Wildman–Crippen LogP) is 2.85. The molecular formula is C8H9BrClNO2S2. The van der Waals surface area contributed by atoms with Crippen molar-refractivity contribution >= 4 is 48.9 Å². The maximum Gasteiger partial charge on any atom is 0.250 e. The molecule has 0 spiro atoms. The minimum atomic E-state index is -3.36. The zero-order valence-electron chi connectivity index (χ0n) is 7.66. The van der Waals surface area contributed by atoms with Gasteiger partial charge in [-0.1, -0.05) is 11.6 Å². The van der Waals surface area contributed by atoms with E-state index in [0.717, 1.165) is 24.2 Å². The van der Waals surface area contributed by atoms with Gasteiger partial charge in [0.25, 0.3) is 0 Å². The van der Waals surface area contributed by atoms with E-state index >= 15 is 0 Å². The van der Waals surface area contributed by atoms with E-state index in [1.165, 1.54) is 6.07 Å². The van der Waals surface area contributed by atoms with Crippen molar-refractivity contribution in [2.75, 3.05) is 6.54 Å². The average Bonchev–Trinajstić information content (AvgIpc) is 2.92. The lowest BCUT2D eigenvalue weighted by Crippen LogP contribution is -2.25. The van der Waals surface area contributed by atoms with Crippen molar-refractivity contribution in [2.45, 2.75) is 17.1 Å². The van der Waals surface area contributed by atoms with Gasteiger partial charge in [0.15, 0.2) is 0 Å². The molecule has 1 aromatic heterocycles. The molecule has 15 heavy (non-hydrogen) atoms. The lowest BCUT2D eigenvalue weighted by molar-refractivity contribution is 0.579. The lowest BCUT2D eigenvalue weighted by atomic mass is 10.4. The number of hydrogen-bond acceptors (Lipinski definition) is 3.